The van der Waals surface area contributed by atoms with Crippen molar-refractivity contribution in [1.29, 1.82) is 0 Å². The Kier molecular flexibility index (Phi) is 3.12. The molecule has 1 unspecified atom stereocenters. The van der Waals surface area contributed by atoms with Crippen LogP contribution in [0.2, 0.25) is 0 Å². The highest BCUT2D eigenvalue weighted by Gasteiger charge is 2.31. The zero-order valence-electron chi connectivity index (χ0n) is 9.90. The quantitative estimate of drug-likeness (QED) is 0.808. The molecule has 0 saturated carbocycles. The molecule has 1 fully saturated rings. The number of carbonyl (C=O) groups is 2. The first-order valence-electron chi connectivity index (χ1n) is 5.62. The lowest BCUT2D eigenvalue weighted by atomic mass is 10.2. The minimum Gasteiger partial charge on any atom is -0.444 e. The summed E-state index contributed by atoms with van der Waals surface area (Å²) in [6.45, 7) is 3.94. The standard InChI is InChI=1S/C11H15N3O3/c1-3-8-4-12-9(17-8)6-14-7(2)11(16)13-5-10(14)15/h4,7H,3,5-6H2,1-2H3,(H,13,16). The van der Waals surface area contributed by atoms with E-state index in [4.69, 9.17) is 4.42 Å². The van der Waals surface area contributed by atoms with Crippen LogP contribution in [0.5, 0.6) is 0 Å². The van der Waals surface area contributed by atoms with E-state index >= 15 is 0 Å². The second-order valence-electron chi connectivity index (χ2n) is 3.99. The monoisotopic (exact) mass is 237 g/mol. The van der Waals surface area contributed by atoms with Gasteiger partial charge in [0.1, 0.15) is 11.8 Å². The van der Waals surface area contributed by atoms with E-state index in [1.807, 2.05) is 6.92 Å². The summed E-state index contributed by atoms with van der Waals surface area (Å²) in [5.41, 5.74) is 0. The minimum absolute atomic E-state index is 0.0461. The van der Waals surface area contributed by atoms with Crippen molar-refractivity contribution in [2.45, 2.75) is 32.9 Å². The van der Waals surface area contributed by atoms with Crippen molar-refractivity contribution in [3.05, 3.63) is 17.8 Å². The summed E-state index contributed by atoms with van der Waals surface area (Å²) in [6, 6.07) is -0.478. The van der Waals surface area contributed by atoms with Gasteiger partial charge in [0, 0.05) is 6.42 Å². The second kappa shape index (κ2) is 4.57. The van der Waals surface area contributed by atoms with Crippen molar-refractivity contribution in [1.82, 2.24) is 15.2 Å². The summed E-state index contributed by atoms with van der Waals surface area (Å²) in [5.74, 6) is 0.985. The number of aryl methyl sites for hydroxylation is 1. The Balaban J connectivity index is 2.10. The third kappa shape index (κ3) is 2.30. The van der Waals surface area contributed by atoms with Crippen LogP contribution in [-0.4, -0.2) is 34.3 Å². The van der Waals surface area contributed by atoms with E-state index in [-0.39, 0.29) is 24.9 Å². The van der Waals surface area contributed by atoms with Gasteiger partial charge in [0.15, 0.2) is 0 Å². The minimum atomic E-state index is -0.478. The Morgan fingerprint density at radius 2 is 2.35 bits per heavy atom. The average Bonchev–Trinajstić information content (AvgIpc) is 2.77. The van der Waals surface area contributed by atoms with Gasteiger partial charge in [-0.25, -0.2) is 4.98 Å². The molecule has 1 aliphatic heterocycles. The summed E-state index contributed by atoms with van der Waals surface area (Å²) in [4.78, 5) is 28.7. The van der Waals surface area contributed by atoms with Gasteiger partial charge in [0.2, 0.25) is 17.7 Å². The average molecular weight is 237 g/mol. The van der Waals surface area contributed by atoms with E-state index in [0.29, 0.717) is 5.89 Å². The van der Waals surface area contributed by atoms with Gasteiger partial charge in [-0.2, -0.15) is 0 Å². The largest absolute Gasteiger partial charge is 0.444 e. The molecule has 0 spiro atoms. The normalized spacial score (nSPS) is 20.6. The molecule has 6 heteroatoms. The van der Waals surface area contributed by atoms with Crippen LogP contribution in [0.15, 0.2) is 10.6 Å². The third-order valence-electron chi connectivity index (χ3n) is 2.84. The van der Waals surface area contributed by atoms with E-state index in [1.54, 1.807) is 13.1 Å². The maximum Gasteiger partial charge on any atom is 0.243 e. The Labute approximate surface area is 99.0 Å². The molecule has 1 aromatic rings. The van der Waals surface area contributed by atoms with E-state index in [1.165, 1.54) is 4.90 Å². The predicted molar refractivity (Wildman–Crippen MR) is 58.9 cm³/mol. The molecule has 92 valence electrons. The zero-order chi connectivity index (χ0) is 12.4. The van der Waals surface area contributed by atoms with Crippen LogP contribution >= 0.6 is 0 Å². The summed E-state index contributed by atoms with van der Waals surface area (Å²) >= 11 is 0. The van der Waals surface area contributed by atoms with E-state index in [2.05, 4.69) is 10.3 Å². The lowest BCUT2D eigenvalue weighted by Crippen LogP contribution is -2.56. The molecule has 2 rings (SSSR count). The highest BCUT2D eigenvalue weighted by molar-refractivity contribution is 5.94. The highest BCUT2D eigenvalue weighted by atomic mass is 16.4. The fraction of sp³-hybridized carbons (Fsp3) is 0.545. The van der Waals surface area contributed by atoms with Crippen molar-refractivity contribution in [2.24, 2.45) is 0 Å². The van der Waals surface area contributed by atoms with Crippen LogP contribution in [0.1, 0.15) is 25.5 Å². The fourth-order valence-corrected chi connectivity index (χ4v) is 1.72. The number of piperazine rings is 1. The van der Waals surface area contributed by atoms with Gasteiger partial charge in [-0.3, -0.25) is 9.59 Å². The Morgan fingerprint density at radius 1 is 1.59 bits per heavy atom. The third-order valence-corrected chi connectivity index (χ3v) is 2.84. The molecule has 0 aromatic carbocycles. The molecule has 1 saturated heterocycles. The molecule has 1 atom stereocenters. The van der Waals surface area contributed by atoms with Gasteiger partial charge >= 0.3 is 0 Å². The van der Waals surface area contributed by atoms with Crippen LogP contribution in [0.4, 0.5) is 0 Å². The van der Waals surface area contributed by atoms with Crippen molar-refractivity contribution in [3.63, 3.8) is 0 Å². The molecule has 17 heavy (non-hydrogen) atoms. The molecule has 2 heterocycles. The number of hydrogen-bond donors (Lipinski definition) is 1. The maximum atomic E-state index is 11.7. The van der Waals surface area contributed by atoms with Gasteiger partial charge in [-0.05, 0) is 6.92 Å². The Morgan fingerprint density at radius 3 is 3.00 bits per heavy atom. The van der Waals surface area contributed by atoms with Crippen LogP contribution in [0.3, 0.4) is 0 Å². The fourth-order valence-electron chi connectivity index (χ4n) is 1.72. The number of aromatic nitrogens is 1. The molecule has 1 aliphatic rings. The van der Waals surface area contributed by atoms with Crippen LogP contribution < -0.4 is 5.32 Å². The number of hydrogen-bond acceptors (Lipinski definition) is 4. The van der Waals surface area contributed by atoms with Crippen LogP contribution in [0.25, 0.3) is 0 Å². The highest BCUT2D eigenvalue weighted by Crippen LogP contribution is 2.12. The predicted octanol–water partition coefficient (Wildman–Crippen LogP) is 0.0839. The van der Waals surface area contributed by atoms with Crippen LogP contribution in [-0.2, 0) is 22.6 Å². The number of carbonyl (C=O) groups excluding carboxylic acids is 2. The van der Waals surface area contributed by atoms with Gasteiger partial charge < -0.3 is 14.6 Å². The maximum absolute atomic E-state index is 11.7. The van der Waals surface area contributed by atoms with E-state index < -0.39 is 6.04 Å². The van der Waals surface area contributed by atoms with Crippen LogP contribution in [0, 0.1) is 0 Å². The molecular weight excluding hydrogens is 222 g/mol. The number of nitrogens with one attached hydrogen (secondary N) is 1. The van der Waals surface area contributed by atoms with Gasteiger partial charge in [-0.15, -0.1) is 0 Å². The Bertz CT molecular complexity index is 441. The molecule has 0 aliphatic carbocycles. The molecule has 0 radical (unpaired) electrons. The van der Waals surface area contributed by atoms with Gasteiger partial charge in [0.05, 0.1) is 19.3 Å². The number of nitrogens with zero attached hydrogens (tertiary/aromatic N) is 2. The van der Waals surface area contributed by atoms with Crippen molar-refractivity contribution in [2.75, 3.05) is 6.54 Å². The first kappa shape index (κ1) is 11.6. The van der Waals surface area contributed by atoms with Gasteiger partial charge in [-0.1, -0.05) is 6.92 Å². The van der Waals surface area contributed by atoms with E-state index in [0.717, 1.165) is 12.2 Å². The van der Waals surface area contributed by atoms with Gasteiger partial charge in [0.25, 0.3) is 0 Å². The molecule has 2 amide bonds. The number of oxazole rings is 1. The second-order valence-corrected chi connectivity index (χ2v) is 3.99. The molecular formula is C11H15N3O3. The molecule has 0 bridgehead atoms. The van der Waals surface area contributed by atoms with Crippen molar-refractivity contribution in [3.8, 4) is 0 Å². The summed E-state index contributed by atoms with van der Waals surface area (Å²) < 4.78 is 5.43. The first-order valence-corrected chi connectivity index (χ1v) is 5.62. The molecule has 1 aromatic heterocycles. The Hall–Kier alpha value is -1.85. The SMILES string of the molecule is CCc1cnc(CN2C(=O)CNC(=O)C2C)o1. The summed E-state index contributed by atoms with van der Waals surface area (Å²) in [7, 11) is 0. The zero-order valence-corrected chi connectivity index (χ0v) is 9.90. The van der Waals surface area contributed by atoms with E-state index in [9.17, 15) is 9.59 Å². The smallest absolute Gasteiger partial charge is 0.243 e. The lowest BCUT2D eigenvalue weighted by Gasteiger charge is -2.31. The summed E-state index contributed by atoms with van der Waals surface area (Å²) in [5, 5.41) is 2.53. The topological polar surface area (TPSA) is 75.4 Å². The first-order chi connectivity index (χ1) is 8.11. The van der Waals surface area contributed by atoms with Crippen molar-refractivity contribution < 1.29 is 14.0 Å². The number of amides is 2. The lowest BCUT2D eigenvalue weighted by molar-refractivity contribution is -0.145. The molecule has 6 nitrogen and oxygen atoms in total. The summed E-state index contributed by atoms with van der Waals surface area (Å²) in [6.07, 6.45) is 2.41. The number of rotatable bonds is 3. The molecule has 1 N–H and O–H groups in total. The van der Waals surface area contributed by atoms with Crippen molar-refractivity contribution >= 4 is 11.8 Å².